The standard InChI is InChI=1S/C25H24N4O3S/c30-24(26-20-15-8-12-17-9-4-5-13-19(17)20)23(18-10-2-1-3-11-18)28-25(33)27-21-14-6-7-16-22(21)29(31)32/h1-3,6-8,10-12,14-16,23H,4-5,9,13H2,(H,26,30)(H2,27,28,33). The second-order valence-electron chi connectivity index (χ2n) is 7.86. The fourth-order valence-corrected chi connectivity index (χ4v) is 4.30. The van der Waals surface area contributed by atoms with Gasteiger partial charge in [-0.15, -0.1) is 0 Å². The monoisotopic (exact) mass is 460 g/mol. The quantitative estimate of drug-likeness (QED) is 0.268. The second-order valence-corrected chi connectivity index (χ2v) is 8.26. The van der Waals surface area contributed by atoms with Crippen LogP contribution in [0.25, 0.3) is 0 Å². The van der Waals surface area contributed by atoms with Gasteiger partial charge in [0.1, 0.15) is 11.7 Å². The highest BCUT2D eigenvalue weighted by molar-refractivity contribution is 7.80. The smallest absolute Gasteiger partial charge is 0.292 e. The summed E-state index contributed by atoms with van der Waals surface area (Å²) in [5.74, 6) is -0.258. The van der Waals surface area contributed by atoms with Crippen molar-refractivity contribution in [3.63, 3.8) is 0 Å². The molecule has 0 aromatic heterocycles. The molecule has 0 aliphatic heterocycles. The minimum absolute atomic E-state index is 0.0988. The van der Waals surface area contributed by atoms with E-state index < -0.39 is 11.0 Å². The lowest BCUT2D eigenvalue weighted by Gasteiger charge is -2.23. The minimum Gasteiger partial charge on any atom is -0.347 e. The Balaban J connectivity index is 1.56. The van der Waals surface area contributed by atoms with Crippen molar-refractivity contribution in [1.29, 1.82) is 0 Å². The topological polar surface area (TPSA) is 96.3 Å². The molecule has 1 aliphatic carbocycles. The van der Waals surface area contributed by atoms with Crippen molar-refractivity contribution in [3.8, 4) is 0 Å². The highest BCUT2D eigenvalue weighted by Crippen LogP contribution is 2.29. The lowest BCUT2D eigenvalue weighted by Crippen LogP contribution is -2.39. The van der Waals surface area contributed by atoms with Gasteiger partial charge in [-0.1, -0.05) is 54.6 Å². The van der Waals surface area contributed by atoms with Crippen LogP contribution in [-0.2, 0) is 17.6 Å². The van der Waals surface area contributed by atoms with Gasteiger partial charge in [0.25, 0.3) is 11.6 Å². The molecule has 7 nitrogen and oxygen atoms in total. The summed E-state index contributed by atoms with van der Waals surface area (Å²) in [5.41, 5.74) is 4.16. The predicted molar refractivity (Wildman–Crippen MR) is 133 cm³/mol. The summed E-state index contributed by atoms with van der Waals surface area (Å²) in [7, 11) is 0. The van der Waals surface area contributed by atoms with Crippen molar-refractivity contribution in [3.05, 3.63) is 99.6 Å². The Kier molecular flexibility index (Phi) is 6.95. The molecule has 0 bridgehead atoms. The summed E-state index contributed by atoms with van der Waals surface area (Å²) < 4.78 is 0. The zero-order valence-corrected chi connectivity index (χ0v) is 18.7. The molecule has 168 valence electrons. The number of nitro benzene ring substituents is 1. The van der Waals surface area contributed by atoms with Crippen LogP contribution in [0.1, 0.15) is 35.6 Å². The first-order chi connectivity index (χ1) is 16.0. The van der Waals surface area contributed by atoms with E-state index in [0.29, 0.717) is 0 Å². The highest BCUT2D eigenvalue weighted by atomic mass is 32.1. The number of benzene rings is 3. The van der Waals surface area contributed by atoms with Gasteiger partial charge >= 0.3 is 0 Å². The van der Waals surface area contributed by atoms with Gasteiger partial charge in [0.2, 0.25) is 0 Å². The van der Waals surface area contributed by atoms with Gasteiger partial charge < -0.3 is 16.0 Å². The maximum absolute atomic E-state index is 13.4. The molecule has 1 aliphatic rings. The molecule has 0 fully saturated rings. The van der Waals surface area contributed by atoms with E-state index in [2.05, 4.69) is 22.0 Å². The van der Waals surface area contributed by atoms with Crippen LogP contribution in [0.15, 0.2) is 72.8 Å². The van der Waals surface area contributed by atoms with E-state index in [9.17, 15) is 14.9 Å². The number of para-hydroxylation sites is 2. The van der Waals surface area contributed by atoms with Crippen molar-refractivity contribution in [2.75, 3.05) is 10.6 Å². The number of nitrogens with zero attached hydrogens (tertiary/aromatic N) is 1. The summed E-state index contributed by atoms with van der Waals surface area (Å²) in [4.78, 5) is 24.2. The molecule has 3 aromatic carbocycles. The van der Waals surface area contributed by atoms with Crippen LogP contribution in [0.3, 0.4) is 0 Å². The van der Waals surface area contributed by atoms with Crippen LogP contribution in [0, 0.1) is 10.1 Å². The molecule has 0 heterocycles. The Morgan fingerprint density at radius 1 is 0.879 bits per heavy atom. The summed E-state index contributed by atoms with van der Waals surface area (Å²) in [6, 6.07) is 20.7. The van der Waals surface area contributed by atoms with E-state index in [1.807, 2.05) is 42.5 Å². The number of anilines is 2. The average molecular weight is 461 g/mol. The number of carbonyl (C=O) groups is 1. The zero-order valence-electron chi connectivity index (χ0n) is 17.9. The second kappa shape index (κ2) is 10.2. The number of amides is 1. The maximum Gasteiger partial charge on any atom is 0.292 e. The number of thiocarbonyl (C=S) groups is 1. The van der Waals surface area contributed by atoms with E-state index >= 15 is 0 Å². The van der Waals surface area contributed by atoms with E-state index in [1.165, 1.54) is 17.2 Å². The normalized spacial score (nSPS) is 13.3. The number of hydrogen-bond acceptors (Lipinski definition) is 4. The molecule has 0 saturated heterocycles. The Morgan fingerprint density at radius 2 is 1.58 bits per heavy atom. The van der Waals surface area contributed by atoms with Gasteiger partial charge in [-0.2, -0.15) is 0 Å². The molecule has 0 saturated carbocycles. The van der Waals surface area contributed by atoms with E-state index in [1.54, 1.807) is 18.2 Å². The van der Waals surface area contributed by atoms with Gasteiger partial charge in [0.05, 0.1) is 4.92 Å². The minimum atomic E-state index is -0.784. The number of fused-ring (bicyclic) bond motifs is 1. The SMILES string of the molecule is O=C(Nc1cccc2c1CCCC2)C(NC(=S)Nc1ccccc1[N+](=O)[O-])c1ccccc1. The van der Waals surface area contributed by atoms with Gasteiger partial charge in [0, 0.05) is 11.8 Å². The third-order valence-electron chi connectivity index (χ3n) is 5.67. The predicted octanol–water partition coefficient (Wildman–Crippen LogP) is 5.14. The van der Waals surface area contributed by atoms with E-state index in [4.69, 9.17) is 12.2 Å². The molecular weight excluding hydrogens is 436 g/mol. The summed E-state index contributed by atoms with van der Waals surface area (Å²) in [6.07, 6.45) is 4.21. The van der Waals surface area contributed by atoms with Crippen LogP contribution in [0.4, 0.5) is 17.1 Å². The molecule has 0 spiro atoms. The van der Waals surface area contributed by atoms with E-state index in [0.717, 1.165) is 36.9 Å². The Morgan fingerprint density at radius 3 is 2.36 bits per heavy atom. The van der Waals surface area contributed by atoms with Crippen molar-refractivity contribution < 1.29 is 9.72 Å². The number of carbonyl (C=O) groups excluding carboxylic acids is 1. The number of aryl methyl sites for hydroxylation is 1. The summed E-state index contributed by atoms with van der Waals surface area (Å²) >= 11 is 5.41. The van der Waals surface area contributed by atoms with Crippen LogP contribution in [0.5, 0.6) is 0 Å². The largest absolute Gasteiger partial charge is 0.347 e. The van der Waals surface area contributed by atoms with Crippen LogP contribution >= 0.6 is 12.2 Å². The molecular formula is C25H24N4O3S. The molecule has 8 heteroatoms. The molecule has 0 radical (unpaired) electrons. The molecule has 3 aromatic rings. The first-order valence-electron chi connectivity index (χ1n) is 10.8. The van der Waals surface area contributed by atoms with Crippen LogP contribution in [-0.4, -0.2) is 15.9 Å². The van der Waals surface area contributed by atoms with Crippen molar-refractivity contribution in [2.45, 2.75) is 31.7 Å². The fraction of sp³-hybridized carbons (Fsp3) is 0.200. The van der Waals surface area contributed by atoms with Crippen LogP contribution in [0.2, 0.25) is 0 Å². The Bertz CT molecular complexity index is 1180. The van der Waals surface area contributed by atoms with Crippen molar-refractivity contribution in [2.24, 2.45) is 0 Å². The number of hydrogen-bond donors (Lipinski definition) is 3. The molecule has 4 rings (SSSR count). The van der Waals surface area contributed by atoms with Gasteiger partial charge in [-0.3, -0.25) is 14.9 Å². The number of nitro groups is 1. The van der Waals surface area contributed by atoms with Crippen LogP contribution < -0.4 is 16.0 Å². The molecule has 1 amide bonds. The van der Waals surface area contributed by atoms with Crippen molar-refractivity contribution >= 4 is 40.3 Å². The first kappa shape index (κ1) is 22.4. The highest BCUT2D eigenvalue weighted by Gasteiger charge is 2.24. The third-order valence-corrected chi connectivity index (χ3v) is 5.89. The van der Waals surface area contributed by atoms with Gasteiger partial charge in [-0.05, 0) is 66.7 Å². The average Bonchev–Trinajstić information content (AvgIpc) is 2.83. The molecule has 33 heavy (non-hydrogen) atoms. The lowest BCUT2D eigenvalue weighted by atomic mass is 9.90. The molecule has 1 unspecified atom stereocenters. The Hall–Kier alpha value is -3.78. The fourth-order valence-electron chi connectivity index (χ4n) is 4.08. The molecule has 1 atom stereocenters. The van der Waals surface area contributed by atoms with E-state index in [-0.39, 0.29) is 22.4 Å². The van der Waals surface area contributed by atoms with Crippen molar-refractivity contribution in [1.82, 2.24) is 5.32 Å². The summed E-state index contributed by atoms with van der Waals surface area (Å²) in [6.45, 7) is 0. The lowest BCUT2D eigenvalue weighted by molar-refractivity contribution is -0.383. The Labute approximate surface area is 197 Å². The third kappa shape index (κ3) is 5.35. The first-order valence-corrected chi connectivity index (χ1v) is 11.2. The zero-order chi connectivity index (χ0) is 23.2. The maximum atomic E-state index is 13.4. The number of nitrogens with one attached hydrogen (secondary N) is 3. The van der Waals surface area contributed by atoms with Gasteiger partial charge in [0.15, 0.2) is 5.11 Å². The van der Waals surface area contributed by atoms with Gasteiger partial charge in [-0.25, -0.2) is 0 Å². The number of rotatable bonds is 6. The summed E-state index contributed by atoms with van der Waals surface area (Å²) in [5, 5.41) is 20.4. The molecule has 3 N–H and O–H groups in total.